The third kappa shape index (κ3) is 2.41. The zero-order chi connectivity index (χ0) is 18.8. The summed E-state index contributed by atoms with van der Waals surface area (Å²) in [5.74, 6) is 0.814. The lowest BCUT2D eigenvalue weighted by atomic mass is 9.93. The number of thiazole rings is 1. The summed E-state index contributed by atoms with van der Waals surface area (Å²) in [5.41, 5.74) is 2.46. The Morgan fingerprint density at radius 2 is 2.22 bits per heavy atom. The first-order chi connectivity index (χ1) is 13.0. The summed E-state index contributed by atoms with van der Waals surface area (Å²) >= 11 is 1.42. The molecule has 7 heteroatoms. The number of nitrogens with zero attached hydrogens (tertiary/aromatic N) is 4. The number of fused-ring (bicyclic) bond motifs is 6. The fourth-order valence-corrected chi connectivity index (χ4v) is 5.11. The van der Waals surface area contributed by atoms with Crippen LogP contribution in [0.25, 0.3) is 6.08 Å². The number of rotatable bonds is 2. The minimum absolute atomic E-state index is 0.00570. The quantitative estimate of drug-likeness (QED) is 0.683. The molecule has 2 aliphatic rings. The highest BCUT2D eigenvalue weighted by Gasteiger charge is 2.42. The zero-order valence-electron chi connectivity index (χ0n) is 15.5. The molecule has 0 fully saturated rings. The van der Waals surface area contributed by atoms with Gasteiger partial charge in [-0.25, -0.2) is 4.99 Å². The van der Waals surface area contributed by atoms with Gasteiger partial charge in [0.15, 0.2) is 4.80 Å². The summed E-state index contributed by atoms with van der Waals surface area (Å²) < 4.78 is 10.6. The van der Waals surface area contributed by atoms with Crippen molar-refractivity contribution in [1.29, 1.82) is 0 Å². The fraction of sp³-hybridized carbons (Fsp3) is 0.350. The van der Waals surface area contributed by atoms with Gasteiger partial charge in [0.05, 0.1) is 16.8 Å². The van der Waals surface area contributed by atoms with Crippen molar-refractivity contribution in [3.05, 3.63) is 67.0 Å². The molecule has 1 aromatic carbocycles. The molecule has 0 spiro atoms. The van der Waals surface area contributed by atoms with Crippen molar-refractivity contribution in [3.63, 3.8) is 0 Å². The molecule has 2 atom stereocenters. The van der Waals surface area contributed by atoms with Crippen LogP contribution >= 0.6 is 11.3 Å². The Morgan fingerprint density at radius 3 is 3.00 bits per heavy atom. The lowest BCUT2D eigenvalue weighted by Crippen LogP contribution is -2.49. The Morgan fingerprint density at radius 1 is 1.41 bits per heavy atom. The van der Waals surface area contributed by atoms with Crippen LogP contribution in [0.3, 0.4) is 0 Å². The van der Waals surface area contributed by atoms with E-state index in [0.717, 1.165) is 33.9 Å². The van der Waals surface area contributed by atoms with Gasteiger partial charge in [0, 0.05) is 29.8 Å². The summed E-state index contributed by atoms with van der Waals surface area (Å²) in [7, 11) is 0. The molecule has 0 amide bonds. The average Bonchev–Trinajstić information content (AvgIpc) is 3.14. The summed E-state index contributed by atoms with van der Waals surface area (Å²) in [5, 5.41) is 4.37. The van der Waals surface area contributed by atoms with Gasteiger partial charge in [0.2, 0.25) is 5.72 Å². The van der Waals surface area contributed by atoms with E-state index >= 15 is 0 Å². The molecule has 3 aromatic rings. The molecule has 0 N–H and O–H groups in total. The van der Waals surface area contributed by atoms with E-state index < -0.39 is 5.72 Å². The van der Waals surface area contributed by atoms with Crippen LogP contribution in [-0.2, 0) is 6.54 Å². The maximum Gasteiger partial charge on any atom is 0.270 e. The highest BCUT2D eigenvalue weighted by Crippen LogP contribution is 2.42. The number of aryl methyl sites for hydroxylation is 1. The first kappa shape index (κ1) is 16.5. The van der Waals surface area contributed by atoms with Crippen LogP contribution in [-0.4, -0.2) is 20.1 Å². The molecule has 2 aliphatic heterocycles. The van der Waals surface area contributed by atoms with Gasteiger partial charge in [-0.3, -0.25) is 14.0 Å². The van der Waals surface area contributed by atoms with Crippen molar-refractivity contribution in [3.8, 4) is 5.75 Å². The van der Waals surface area contributed by atoms with Crippen LogP contribution in [0.4, 0.5) is 0 Å². The highest BCUT2D eigenvalue weighted by molar-refractivity contribution is 7.07. The molecule has 5 rings (SSSR count). The Labute approximate surface area is 160 Å². The van der Waals surface area contributed by atoms with Crippen molar-refractivity contribution in [2.45, 2.75) is 45.5 Å². The van der Waals surface area contributed by atoms with Crippen LogP contribution in [0.5, 0.6) is 5.75 Å². The number of hydrogen-bond donors (Lipinski definition) is 0. The summed E-state index contributed by atoms with van der Waals surface area (Å²) in [6.45, 7) is 6.88. The highest BCUT2D eigenvalue weighted by atomic mass is 32.1. The van der Waals surface area contributed by atoms with Crippen LogP contribution in [0.1, 0.15) is 43.1 Å². The summed E-state index contributed by atoms with van der Waals surface area (Å²) in [6.07, 6.45) is 4.41. The van der Waals surface area contributed by atoms with Gasteiger partial charge in [-0.05, 0) is 32.9 Å². The Balaban J connectivity index is 1.74. The van der Waals surface area contributed by atoms with E-state index in [-0.39, 0.29) is 11.6 Å². The predicted octanol–water partition coefficient (Wildman–Crippen LogP) is 1.98. The van der Waals surface area contributed by atoms with E-state index in [4.69, 9.17) is 9.73 Å². The average molecular weight is 380 g/mol. The molecule has 138 valence electrons. The Hall–Kier alpha value is -2.67. The minimum atomic E-state index is -0.628. The second-order valence-electron chi connectivity index (χ2n) is 7.22. The standard InChI is InChI=1S/C20H20N4O2S/c1-4-23-12(2)13(11-21-23)9-17-18(25)24-15-10-20(3,22-19(24)27-17)26-16-8-6-5-7-14(15)16/h5-9,11,15H,4,10H2,1-3H3. The van der Waals surface area contributed by atoms with E-state index in [1.54, 1.807) is 0 Å². The van der Waals surface area contributed by atoms with Gasteiger partial charge < -0.3 is 4.74 Å². The molecular weight excluding hydrogens is 360 g/mol. The number of aromatic nitrogens is 3. The van der Waals surface area contributed by atoms with E-state index in [9.17, 15) is 4.79 Å². The van der Waals surface area contributed by atoms with Gasteiger partial charge in [0.25, 0.3) is 5.56 Å². The maximum absolute atomic E-state index is 13.2. The molecule has 4 heterocycles. The molecular formula is C20H20N4O2S. The second-order valence-corrected chi connectivity index (χ2v) is 8.23. The van der Waals surface area contributed by atoms with Gasteiger partial charge >= 0.3 is 0 Å². The maximum atomic E-state index is 13.2. The number of hydrogen-bond acceptors (Lipinski definition) is 5. The predicted molar refractivity (Wildman–Crippen MR) is 104 cm³/mol. The molecule has 6 nitrogen and oxygen atoms in total. The van der Waals surface area contributed by atoms with Crippen LogP contribution < -0.4 is 19.6 Å². The molecule has 0 radical (unpaired) electrons. The van der Waals surface area contributed by atoms with Gasteiger partial charge in [-0.2, -0.15) is 5.10 Å². The third-order valence-electron chi connectivity index (χ3n) is 5.39. The normalized spacial score (nSPS) is 23.4. The van der Waals surface area contributed by atoms with Crippen molar-refractivity contribution < 1.29 is 4.74 Å². The molecule has 2 bridgehead atoms. The van der Waals surface area contributed by atoms with E-state index in [0.29, 0.717) is 11.0 Å². The molecule has 2 aromatic heterocycles. The first-order valence-electron chi connectivity index (χ1n) is 9.12. The van der Waals surface area contributed by atoms with E-state index in [2.05, 4.69) is 12.0 Å². The molecule has 2 unspecified atom stereocenters. The number of benzene rings is 1. The van der Waals surface area contributed by atoms with Gasteiger partial charge in [-0.1, -0.05) is 29.5 Å². The van der Waals surface area contributed by atoms with Crippen LogP contribution in [0.15, 0.2) is 40.2 Å². The Bertz CT molecular complexity index is 1240. The van der Waals surface area contributed by atoms with Crippen LogP contribution in [0.2, 0.25) is 0 Å². The summed E-state index contributed by atoms with van der Waals surface area (Å²) in [4.78, 5) is 18.7. The van der Waals surface area contributed by atoms with Crippen molar-refractivity contribution >= 4 is 17.4 Å². The molecule has 0 saturated heterocycles. The first-order valence-corrected chi connectivity index (χ1v) is 9.94. The Kier molecular flexibility index (Phi) is 3.46. The van der Waals surface area contributed by atoms with E-state index in [1.807, 2.05) is 59.6 Å². The smallest absolute Gasteiger partial charge is 0.270 e. The van der Waals surface area contributed by atoms with Crippen molar-refractivity contribution in [2.24, 2.45) is 4.99 Å². The van der Waals surface area contributed by atoms with Gasteiger partial charge in [0.1, 0.15) is 5.75 Å². The monoisotopic (exact) mass is 380 g/mol. The summed E-state index contributed by atoms with van der Waals surface area (Å²) in [6, 6.07) is 7.89. The number of para-hydroxylation sites is 1. The molecule has 0 saturated carbocycles. The second kappa shape index (κ2) is 5.66. The topological polar surface area (TPSA) is 61.4 Å². The molecule has 27 heavy (non-hydrogen) atoms. The van der Waals surface area contributed by atoms with Crippen LogP contribution in [0, 0.1) is 6.92 Å². The lowest BCUT2D eigenvalue weighted by Gasteiger charge is -2.39. The fourth-order valence-electron chi connectivity index (χ4n) is 4.00. The number of ether oxygens (including phenoxy) is 1. The lowest BCUT2D eigenvalue weighted by molar-refractivity contribution is 0.0410. The third-order valence-corrected chi connectivity index (χ3v) is 6.37. The van der Waals surface area contributed by atoms with E-state index in [1.165, 1.54) is 11.3 Å². The molecule has 0 aliphatic carbocycles. The zero-order valence-corrected chi connectivity index (χ0v) is 16.3. The van der Waals surface area contributed by atoms with Gasteiger partial charge in [-0.15, -0.1) is 0 Å². The SMILES string of the molecule is CCn1ncc(C=c2sc3n(c2=O)C2CC(C)(N=3)Oc3ccccc32)c1C. The van der Waals surface area contributed by atoms with Crippen molar-refractivity contribution in [2.75, 3.05) is 0 Å². The van der Waals surface area contributed by atoms with Crippen molar-refractivity contribution in [1.82, 2.24) is 14.3 Å². The largest absolute Gasteiger partial charge is 0.466 e. The minimum Gasteiger partial charge on any atom is -0.466 e.